The van der Waals surface area contributed by atoms with E-state index < -0.39 is 0 Å². The van der Waals surface area contributed by atoms with Gasteiger partial charge in [0.15, 0.2) is 0 Å². The van der Waals surface area contributed by atoms with Crippen molar-refractivity contribution in [3.63, 3.8) is 0 Å². The van der Waals surface area contributed by atoms with Crippen molar-refractivity contribution in [1.82, 2.24) is 4.57 Å². The molecule has 1 heterocycles. The molecule has 25 heavy (non-hydrogen) atoms. The zero-order valence-corrected chi connectivity index (χ0v) is 14.9. The van der Waals surface area contributed by atoms with Crippen molar-refractivity contribution in [3.05, 3.63) is 71.2 Å². The van der Waals surface area contributed by atoms with Crippen LogP contribution in [0.25, 0.3) is 10.9 Å². The smallest absolute Gasteiger partial charge is 0.306 e. The molecule has 0 spiro atoms. The number of aryl methyl sites for hydroxylation is 1. The Morgan fingerprint density at radius 3 is 2.60 bits per heavy atom. The Morgan fingerprint density at radius 1 is 1.16 bits per heavy atom. The molecule has 1 aromatic heterocycles. The van der Waals surface area contributed by atoms with Crippen LogP contribution < -0.4 is 4.74 Å². The molecule has 0 atom stereocenters. The number of nitrogens with zero attached hydrogens (tertiary/aromatic N) is 1. The van der Waals surface area contributed by atoms with E-state index in [1.165, 1.54) is 7.11 Å². The second-order valence-electron chi connectivity index (χ2n) is 5.66. The van der Waals surface area contributed by atoms with Gasteiger partial charge in [-0.3, -0.25) is 4.79 Å². The number of rotatable bonds is 6. The summed E-state index contributed by atoms with van der Waals surface area (Å²) in [4.78, 5) is 11.5. The van der Waals surface area contributed by atoms with Crippen LogP contribution in [0.15, 0.2) is 48.5 Å². The summed E-state index contributed by atoms with van der Waals surface area (Å²) in [5.74, 6) is 0.478. The molecule has 3 aromatic rings. The van der Waals surface area contributed by atoms with Gasteiger partial charge < -0.3 is 14.0 Å². The van der Waals surface area contributed by atoms with Crippen molar-refractivity contribution in [2.45, 2.75) is 13.0 Å². The van der Waals surface area contributed by atoms with Gasteiger partial charge >= 0.3 is 5.97 Å². The molecule has 0 bridgehead atoms. The summed E-state index contributed by atoms with van der Waals surface area (Å²) >= 11 is 5.91. The van der Waals surface area contributed by atoms with Crippen molar-refractivity contribution in [1.29, 1.82) is 0 Å². The number of para-hydroxylation sites is 1. The standard InChI is InChI=1S/C20H19ClNO3/c1-22-18-6-4-3-5-16(18)17(11-12-20(23)24-2)19(22)13-25-15-9-7-14(21)8-10-15/h3-11H,12-13H2,1-2H3. The highest BCUT2D eigenvalue weighted by atomic mass is 35.5. The third-order valence-corrected chi connectivity index (χ3v) is 4.41. The summed E-state index contributed by atoms with van der Waals surface area (Å²) in [5, 5.41) is 1.76. The van der Waals surface area contributed by atoms with Gasteiger partial charge in [-0.15, -0.1) is 0 Å². The third-order valence-electron chi connectivity index (χ3n) is 4.16. The van der Waals surface area contributed by atoms with Gasteiger partial charge in [-0.05, 0) is 35.9 Å². The zero-order chi connectivity index (χ0) is 17.8. The second kappa shape index (κ2) is 7.62. The molecule has 0 saturated heterocycles. The summed E-state index contributed by atoms with van der Waals surface area (Å²) in [6, 6.07) is 15.3. The van der Waals surface area contributed by atoms with Gasteiger partial charge in [0.25, 0.3) is 0 Å². The Kier molecular flexibility index (Phi) is 5.29. The second-order valence-corrected chi connectivity index (χ2v) is 6.10. The SMILES string of the molecule is COC(=O)C[CH]c1c(COc2ccc(Cl)cc2)n(C)c2ccccc12. The van der Waals surface area contributed by atoms with E-state index >= 15 is 0 Å². The van der Waals surface area contributed by atoms with E-state index in [-0.39, 0.29) is 12.4 Å². The van der Waals surface area contributed by atoms with Gasteiger partial charge in [-0.2, -0.15) is 0 Å². The minimum atomic E-state index is -0.266. The van der Waals surface area contributed by atoms with E-state index in [0.29, 0.717) is 11.6 Å². The van der Waals surface area contributed by atoms with Crippen LogP contribution in [0.1, 0.15) is 17.7 Å². The van der Waals surface area contributed by atoms with Crippen LogP contribution in [0.5, 0.6) is 5.75 Å². The number of carbonyl (C=O) groups excluding carboxylic acids is 1. The van der Waals surface area contributed by atoms with Gasteiger partial charge in [0.05, 0.1) is 19.2 Å². The quantitative estimate of drug-likeness (QED) is 0.609. The van der Waals surface area contributed by atoms with Crippen LogP contribution in [0.3, 0.4) is 0 Å². The molecule has 129 valence electrons. The van der Waals surface area contributed by atoms with Crippen LogP contribution in [-0.2, 0) is 23.2 Å². The maximum atomic E-state index is 11.5. The molecular weight excluding hydrogens is 338 g/mol. The normalized spacial score (nSPS) is 10.8. The highest BCUT2D eigenvalue weighted by Gasteiger charge is 2.17. The maximum absolute atomic E-state index is 11.5. The Morgan fingerprint density at radius 2 is 1.88 bits per heavy atom. The van der Waals surface area contributed by atoms with E-state index in [9.17, 15) is 4.79 Å². The predicted molar refractivity (Wildman–Crippen MR) is 98.7 cm³/mol. The number of aromatic nitrogens is 1. The number of methoxy groups -OCH3 is 1. The van der Waals surface area contributed by atoms with Crippen molar-refractivity contribution in [2.75, 3.05) is 7.11 Å². The van der Waals surface area contributed by atoms with Gasteiger partial charge in [0.1, 0.15) is 12.4 Å². The van der Waals surface area contributed by atoms with Gasteiger partial charge in [-0.25, -0.2) is 0 Å². The number of benzene rings is 2. The number of halogens is 1. The summed E-state index contributed by atoms with van der Waals surface area (Å²) < 4.78 is 12.8. The summed E-state index contributed by atoms with van der Waals surface area (Å²) in [7, 11) is 3.39. The highest BCUT2D eigenvalue weighted by molar-refractivity contribution is 6.30. The van der Waals surface area contributed by atoms with Gasteiger partial charge in [0, 0.05) is 29.4 Å². The fraction of sp³-hybridized carbons (Fsp3) is 0.200. The maximum Gasteiger partial charge on any atom is 0.306 e. The summed E-state index contributed by atoms with van der Waals surface area (Å²) in [6.07, 6.45) is 2.12. The molecule has 0 aliphatic rings. The Labute approximate surface area is 151 Å². The first-order valence-corrected chi connectivity index (χ1v) is 8.32. The Bertz CT molecular complexity index is 884. The predicted octanol–water partition coefficient (Wildman–Crippen LogP) is 4.53. The minimum Gasteiger partial charge on any atom is -0.487 e. The van der Waals surface area contributed by atoms with E-state index in [1.807, 2.05) is 43.8 Å². The monoisotopic (exact) mass is 356 g/mol. The lowest BCUT2D eigenvalue weighted by Crippen LogP contribution is -2.06. The molecule has 0 fully saturated rings. The van der Waals surface area contributed by atoms with Gasteiger partial charge in [-0.1, -0.05) is 29.8 Å². The third kappa shape index (κ3) is 3.80. The molecule has 3 rings (SSSR count). The fourth-order valence-electron chi connectivity index (χ4n) is 2.83. The average molecular weight is 357 g/mol. The minimum absolute atomic E-state index is 0.221. The van der Waals surface area contributed by atoms with E-state index in [1.54, 1.807) is 12.1 Å². The Balaban J connectivity index is 1.90. The van der Waals surface area contributed by atoms with Crippen molar-refractivity contribution in [2.24, 2.45) is 7.05 Å². The van der Waals surface area contributed by atoms with Crippen LogP contribution in [-0.4, -0.2) is 17.6 Å². The van der Waals surface area contributed by atoms with Crippen molar-refractivity contribution >= 4 is 28.5 Å². The molecule has 0 amide bonds. The molecule has 4 nitrogen and oxygen atoms in total. The Hall–Kier alpha value is -2.46. The topological polar surface area (TPSA) is 40.5 Å². The first-order valence-electron chi connectivity index (χ1n) is 7.95. The lowest BCUT2D eigenvalue weighted by molar-refractivity contribution is -0.139. The molecule has 0 unspecified atom stereocenters. The zero-order valence-electron chi connectivity index (χ0n) is 14.2. The molecular formula is C20H19ClNO3. The molecule has 5 heteroatoms. The first kappa shape index (κ1) is 17.4. The molecule has 0 aliphatic carbocycles. The van der Waals surface area contributed by atoms with Crippen LogP contribution in [0, 0.1) is 6.42 Å². The number of ether oxygens (including phenoxy) is 2. The molecule has 0 saturated carbocycles. The molecule has 1 radical (unpaired) electrons. The van der Waals surface area contributed by atoms with Crippen LogP contribution in [0.2, 0.25) is 5.02 Å². The molecule has 2 aromatic carbocycles. The number of esters is 1. The number of hydrogen-bond acceptors (Lipinski definition) is 3. The summed E-state index contributed by atoms with van der Waals surface area (Å²) in [5.41, 5.74) is 3.09. The molecule has 0 aliphatic heterocycles. The van der Waals surface area contributed by atoms with Crippen molar-refractivity contribution < 1.29 is 14.3 Å². The number of fused-ring (bicyclic) bond motifs is 1. The lowest BCUT2D eigenvalue weighted by Gasteiger charge is -2.10. The van der Waals surface area contributed by atoms with Crippen LogP contribution in [0.4, 0.5) is 0 Å². The highest BCUT2D eigenvalue weighted by Crippen LogP contribution is 2.29. The lowest BCUT2D eigenvalue weighted by atomic mass is 10.1. The number of hydrogen-bond donors (Lipinski definition) is 0. The van der Waals surface area contributed by atoms with Gasteiger partial charge in [0.2, 0.25) is 0 Å². The number of carbonyl (C=O) groups is 1. The fourth-order valence-corrected chi connectivity index (χ4v) is 2.95. The largest absolute Gasteiger partial charge is 0.487 e. The van der Waals surface area contributed by atoms with Crippen molar-refractivity contribution in [3.8, 4) is 5.75 Å². The average Bonchev–Trinajstić information content (AvgIpc) is 2.91. The van der Waals surface area contributed by atoms with E-state index in [2.05, 4.69) is 10.6 Å². The summed E-state index contributed by atoms with van der Waals surface area (Å²) in [6.45, 7) is 0.389. The molecule has 0 N–H and O–H groups in total. The van der Waals surface area contributed by atoms with E-state index in [4.69, 9.17) is 21.1 Å². The van der Waals surface area contributed by atoms with E-state index in [0.717, 1.165) is 27.9 Å². The van der Waals surface area contributed by atoms with Crippen LogP contribution >= 0.6 is 11.6 Å². The first-order chi connectivity index (χ1) is 12.1.